The smallest absolute Gasteiger partial charge is 0.146 e. The number of aromatic nitrogens is 5. The Hall–Kier alpha value is -6.53. The van der Waals surface area contributed by atoms with Gasteiger partial charge in [0.2, 0.25) is 0 Å². The molecule has 0 N–H and O–H groups in total. The van der Waals surface area contributed by atoms with Gasteiger partial charge in [0.25, 0.3) is 0 Å². The van der Waals surface area contributed by atoms with E-state index in [1.807, 2.05) is 36.5 Å². The van der Waals surface area contributed by atoms with Crippen LogP contribution < -0.4 is 4.74 Å². The van der Waals surface area contributed by atoms with Crippen LogP contribution in [0.25, 0.3) is 77.3 Å². The zero-order valence-electron chi connectivity index (χ0n) is 26.9. The van der Waals surface area contributed by atoms with E-state index in [1.165, 1.54) is 5.39 Å². The Morgan fingerprint density at radius 2 is 1.14 bits per heavy atom. The van der Waals surface area contributed by atoms with Crippen LogP contribution in [0.3, 0.4) is 0 Å². The van der Waals surface area contributed by atoms with Gasteiger partial charge in [0, 0.05) is 44.6 Å². The normalized spacial score (nSPS) is 11.9. The number of nitrogens with zero attached hydrogens (tertiary/aromatic N) is 5. The summed E-state index contributed by atoms with van der Waals surface area (Å²) in [6.45, 7) is 4.20. The van der Waals surface area contributed by atoms with E-state index in [4.69, 9.17) is 19.7 Å². The molecule has 10 rings (SSSR count). The summed E-state index contributed by atoms with van der Waals surface area (Å²) in [6.07, 6.45) is 1.85. The Labute approximate surface area is 281 Å². The van der Waals surface area contributed by atoms with Crippen LogP contribution >= 0.6 is 0 Å². The fourth-order valence-corrected chi connectivity index (χ4v) is 7.38. The van der Waals surface area contributed by atoms with Crippen molar-refractivity contribution in [3.05, 3.63) is 151 Å². The van der Waals surface area contributed by atoms with E-state index in [0.717, 1.165) is 94.8 Å². The van der Waals surface area contributed by atoms with Crippen molar-refractivity contribution >= 4 is 54.8 Å². The van der Waals surface area contributed by atoms with Gasteiger partial charge in [-0.1, -0.05) is 78.9 Å². The number of hydrogen-bond acceptors (Lipinski definition) is 4. The van der Waals surface area contributed by atoms with E-state index < -0.39 is 0 Å². The van der Waals surface area contributed by atoms with E-state index in [1.54, 1.807) is 0 Å². The minimum absolute atomic E-state index is 0.724. The first-order valence-corrected chi connectivity index (χ1v) is 16.5. The molecule has 0 aliphatic heterocycles. The molecule has 0 fully saturated rings. The molecule has 0 aliphatic rings. The van der Waals surface area contributed by atoms with E-state index in [0.29, 0.717) is 0 Å². The second-order valence-electron chi connectivity index (χ2n) is 12.5. The number of benzene rings is 5. The molecule has 6 heteroatoms. The molecule has 0 saturated heterocycles. The molecule has 5 aromatic carbocycles. The quantitative estimate of drug-likeness (QED) is 0.181. The molecule has 5 aromatic heterocycles. The maximum atomic E-state index is 6.67. The summed E-state index contributed by atoms with van der Waals surface area (Å²) in [5, 5.41) is 5.38. The second kappa shape index (κ2) is 10.5. The van der Waals surface area contributed by atoms with Crippen LogP contribution in [0.5, 0.6) is 11.5 Å². The van der Waals surface area contributed by atoms with Crippen molar-refractivity contribution in [3.63, 3.8) is 0 Å². The Morgan fingerprint density at radius 1 is 0.510 bits per heavy atom. The van der Waals surface area contributed by atoms with Crippen LogP contribution in [0.15, 0.2) is 140 Å². The third-order valence-electron chi connectivity index (χ3n) is 9.73. The summed E-state index contributed by atoms with van der Waals surface area (Å²) in [6, 6.07) is 46.0. The highest BCUT2D eigenvalue weighted by Crippen LogP contribution is 2.40. The number of pyridine rings is 3. The van der Waals surface area contributed by atoms with E-state index in [9.17, 15) is 0 Å². The van der Waals surface area contributed by atoms with E-state index in [2.05, 4.69) is 126 Å². The van der Waals surface area contributed by atoms with Gasteiger partial charge in [0.15, 0.2) is 0 Å². The number of fused-ring (bicyclic) bond motifs is 12. The van der Waals surface area contributed by atoms with E-state index in [-0.39, 0.29) is 0 Å². The van der Waals surface area contributed by atoms with Crippen molar-refractivity contribution in [2.24, 2.45) is 0 Å². The monoisotopic (exact) mass is 631 g/mol. The van der Waals surface area contributed by atoms with Gasteiger partial charge in [0.05, 0.1) is 33.6 Å². The molecule has 232 valence electrons. The zero-order chi connectivity index (χ0) is 32.6. The molecule has 6 nitrogen and oxygen atoms in total. The Morgan fingerprint density at radius 3 is 1.92 bits per heavy atom. The van der Waals surface area contributed by atoms with E-state index >= 15 is 0 Å². The van der Waals surface area contributed by atoms with Crippen molar-refractivity contribution in [1.29, 1.82) is 0 Å². The third-order valence-corrected chi connectivity index (χ3v) is 9.73. The fourth-order valence-electron chi connectivity index (χ4n) is 7.38. The van der Waals surface area contributed by atoms with Gasteiger partial charge in [0.1, 0.15) is 22.8 Å². The molecule has 0 aliphatic carbocycles. The Kier molecular flexibility index (Phi) is 5.90. The first-order valence-electron chi connectivity index (χ1n) is 16.5. The highest BCUT2D eigenvalue weighted by atomic mass is 16.5. The lowest BCUT2D eigenvalue weighted by molar-refractivity contribution is 0.484. The highest BCUT2D eigenvalue weighted by molar-refractivity contribution is 6.13. The summed E-state index contributed by atoms with van der Waals surface area (Å²) < 4.78 is 11.2. The predicted octanol–water partition coefficient (Wildman–Crippen LogP) is 10.7. The molecule has 0 atom stereocenters. The zero-order valence-corrected chi connectivity index (χ0v) is 26.9. The number of imidazole rings is 2. The molecule has 49 heavy (non-hydrogen) atoms. The lowest BCUT2D eigenvalue weighted by atomic mass is 10.0. The fraction of sp³-hybridized carbons (Fsp3) is 0.0465. The summed E-state index contributed by atoms with van der Waals surface area (Å²) in [5.74, 6) is 1.47. The average Bonchev–Trinajstić information content (AvgIpc) is 3.71. The lowest BCUT2D eigenvalue weighted by Gasteiger charge is -2.13. The van der Waals surface area contributed by atoms with Crippen molar-refractivity contribution in [1.82, 2.24) is 23.8 Å². The summed E-state index contributed by atoms with van der Waals surface area (Å²) in [7, 11) is 0. The number of rotatable bonds is 4. The van der Waals surface area contributed by atoms with Crippen LogP contribution in [0, 0.1) is 13.8 Å². The standard InChI is InChI=1S/C43H29N5O/c1-26-27(2)47-37-17-10-9-16-33(37)32-21-19-30(24-35(32)42(47)45-26)49-31-20-22-34-36(25-31)43-46-39(28-12-5-3-6-13-28)41(29-14-7-4-8-15-29)48(43)38-18-11-23-44-40(34)38/h3-25H,1-2H3. The van der Waals surface area contributed by atoms with Crippen molar-refractivity contribution < 1.29 is 4.74 Å². The summed E-state index contributed by atoms with van der Waals surface area (Å²) in [5.41, 5.74) is 11.1. The van der Waals surface area contributed by atoms with Gasteiger partial charge in [-0.15, -0.1) is 0 Å². The summed E-state index contributed by atoms with van der Waals surface area (Å²) >= 11 is 0. The lowest BCUT2D eigenvalue weighted by Crippen LogP contribution is -1.96. The van der Waals surface area contributed by atoms with Crippen LogP contribution in [0.4, 0.5) is 0 Å². The van der Waals surface area contributed by atoms with Gasteiger partial charge in [-0.2, -0.15) is 0 Å². The molecule has 0 unspecified atom stereocenters. The molecule has 0 spiro atoms. The van der Waals surface area contributed by atoms with Gasteiger partial charge in [-0.25, -0.2) is 9.97 Å². The van der Waals surface area contributed by atoms with Crippen molar-refractivity contribution in [2.75, 3.05) is 0 Å². The summed E-state index contributed by atoms with van der Waals surface area (Å²) in [4.78, 5) is 15.3. The molecule has 0 saturated carbocycles. The van der Waals surface area contributed by atoms with Crippen LogP contribution in [-0.4, -0.2) is 23.8 Å². The van der Waals surface area contributed by atoms with Crippen molar-refractivity contribution in [3.8, 4) is 34.0 Å². The Bertz CT molecular complexity index is 2920. The molecule has 10 aromatic rings. The third kappa shape index (κ3) is 4.10. The van der Waals surface area contributed by atoms with Gasteiger partial charge >= 0.3 is 0 Å². The number of hydrogen-bond donors (Lipinski definition) is 0. The van der Waals surface area contributed by atoms with Crippen molar-refractivity contribution in [2.45, 2.75) is 13.8 Å². The minimum Gasteiger partial charge on any atom is -0.457 e. The minimum atomic E-state index is 0.724. The SMILES string of the molecule is Cc1nc2c3cc(Oc4ccc5c(c4)c4nc(-c6ccccc6)c(-c6ccccc6)n4c4cccnc54)ccc3c3ccccc3n2c1C. The Balaban J connectivity index is 1.21. The molecule has 5 heterocycles. The topological polar surface area (TPSA) is 56.7 Å². The maximum absolute atomic E-state index is 6.67. The molecule has 0 amide bonds. The van der Waals surface area contributed by atoms with Gasteiger partial charge in [-0.3, -0.25) is 13.8 Å². The van der Waals surface area contributed by atoms with Gasteiger partial charge < -0.3 is 4.74 Å². The molecular weight excluding hydrogens is 603 g/mol. The number of aryl methyl sites for hydroxylation is 2. The number of para-hydroxylation sites is 1. The van der Waals surface area contributed by atoms with Crippen LogP contribution in [-0.2, 0) is 0 Å². The van der Waals surface area contributed by atoms with Crippen LogP contribution in [0.1, 0.15) is 11.4 Å². The second-order valence-corrected chi connectivity index (χ2v) is 12.5. The highest BCUT2D eigenvalue weighted by Gasteiger charge is 2.22. The first kappa shape index (κ1) is 27.6. The number of ether oxygens (including phenoxy) is 1. The maximum Gasteiger partial charge on any atom is 0.146 e. The first-order chi connectivity index (χ1) is 24.1. The molecular formula is C43H29N5O. The average molecular weight is 632 g/mol. The predicted molar refractivity (Wildman–Crippen MR) is 199 cm³/mol. The molecule has 0 bridgehead atoms. The van der Waals surface area contributed by atoms with Crippen LogP contribution in [0.2, 0.25) is 0 Å². The van der Waals surface area contributed by atoms with Gasteiger partial charge in [-0.05, 0) is 73.8 Å². The largest absolute Gasteiger partial charge is 0.457 e. The molecule has 0 radical (unpaired) electrons.